The first-order valence-electron chi connectivity index (χ1n) is 14.0. The summed E-state index contributed by atoms with van der Waals surface area (Å²) in [6.45, 7) is 12.4. The lowest BCUT2D eigenvalue weighted by Gasteiger charge is -2.43. The van der Waals surface area contributed by atoms with E-state index >= 15 is 0 Å². The Morgan fingerprint density at radius 3 is 2.24 bits per heavy atom. The predicted molar refractivity (Wildman–Crippen MR) is 156 cm³/mol. The number of aliphatic hydroxyl groups excluding tert-OH is 1. The topological polar surface area (TPSA) is 170 Å². The fourth-order valence-electron chi connectivity index (χ4n) is 4.69. The summed E-state index contributed by atoms with van der Waals surface area (Å²) in [5, 5.41) is 33.7. The number of benzene rings is 1. The van der Waals surface area contributed by atoms with Crippen LogP contribution in [0.5, 0.6) is 11.5 Å². The molecule has 0 fully saturated rings. The summed E-state index contributed by atoms with van der Waals surface area (Å²) in [4.78, 5) is 41.5. The number of ether oxygens (including phenoxy) is 3. The van der Waals surface area contributed by atoms with Crippen molar-refractivity contribution in [2.45, 2.75) is 91.0 Å². The Bertz CT molecular complexity index is 1030. The second-order valence-electron chi connectivity index (χ2n) is 12.1. The Kier molecular flexibility index (Phi) is 14.3. The fourth-order valence-corrected chi connectivity index (χ4v) is 4.69. The first kappa shape index (κ1) is 36.7. The highest BCUT2D eigenvalue weighted by Crippen LogP contribution is 2.33. The molecule has 3 atom stereocenters. The zero-order valence-electron chi connectivity index (χ0n) is 26.3. The SMILES string of the molecule is COCCCOc1cc(C[C@@H](C[C@@H]([C@@H](O)CNC(=O)C(C)(C)O[N+](=O)[O-])N(C(=O)O)C(C)(C)C)C(C)C)ccc1OC. The van der Waals surface area contributed by atoms with Crippen molar-refractivity contribution < 1.29 is 43.9 Å². The van der Waals surface area contributed by atoms with E-state index in [1.54, 1.807) is 35.0 Å². The molecule has 240 valence electrons. The standard InChI is InChI=1S/C29H49N3O10/c1-19(2)21(15-20-11-12-24(40-9)25(16-20)41-14-10-13-39-8)17-22(31(27(35)36)28(3,4)5)23(33)18-30-26(34)29(6,7)42-32(37)38/h11-12,16,19,21-23,33H,10,13-15,17-18H2,1-9H3,(H,30,34)(H,35,36)/t21-,22-,23-/m0/s1. The van der Waals surface area contributed by atoms with Crippen LogP contribution in [0, 0.1) is 22.0 Å². The minimum atomic E-state index is -1.80. The molecule has 0 aromatic heterocycles. The smallest absolute Gasteiger partial charge is 0.408 e. The van der Waals surface area contributed by atoms with Gasteiger partial charge in [0.25, 0.3) is 11.0 Å². The number of carboxylic acid groups (broad SMARTS) is 1. The molecule has 0 saturated heterocycles. The number of carbonyl (C=O) groups excluding carboxylic acids is 1. The lowest BCUT2D eigenvalue weighted by atomic mass is 9.81. The number of hydrogen-bond donors (Lipinski definition) is 3. The van der Waals surface area contributed by atoms with Crippen LogP contribution in [0.25, 0.3) is 0 Å². The third-order valence-electron chi connectivity index (χ3n) is 6.99. The van der Waals surface area contributed by atoms with Crippen LogP contribution in [0.1, 0.15) is 66.9 Å². The van der Waals surface area contributed by atoms with Gasteiger partial charge in [-0.25, -0.2) is 4.79 Å². The van der Waals surface area contributed by atoms with E-state index in [2.05, 4.69) is 10.2 Å². The Labute approximate surface area is 248 Å². The summed E-state index contributed by atoms with van der Waals surface area (Å²) in [7, 11) is 3.19. The molecular weight excluding hydrogens is 550 g/mol. The molecule has 0 aliphatic heterocycles. The lowest BCUT2D eigenvalue weighted by molar-refractivity contribution is -0.774. The molecular formula is C29H49N3O10. The summed E-state index contributed by atoms with van der Waals surface area (Å²) in [6, 6.07) is 4.76. The van der Waals surface area contributed by atoms with Crippen LogP contribution in [-0.4, -0.2) is 89.5 Å². The monoisotopic (exact) mass is 599 g/mol. The lowest BCUT2D eigenvalue weighted by Crippen LogP contribution is -2.59. The first-order valence-corrected chi connectivity index (χ1v) is 14.0. The summed E-state index contributed by atoms with van der Waals surface area (Å²) in [5.74, 6) is 0.398. The average Bonchev–Trinajstić information content (AvgIpc) is 2.86. The number of rotatable bonds is 18. The zero-order chi connectivity index (χ0) is 32.3. The maximum atomic E-state index is 12.6. The van der Waals surface area contributed by atoms with Gasteiger partial charge in [0.2, 0.25) is 0 Å². The molecule has 2 amide bonds. The second kappa shape index (κ2) is 16.4. The molecule has 0 aliphatic carbocycles. The van der Waals surface area contributed by atoms with Gasteiger partial charge in [0.05, 0.1) is 25.9 Å². The van der Waals surface area contributed by atoms with Gasteiger partial charge in [0, 0.05) is 32.2 Å². The first-order chi connectivity index (χ1) is 19.4. The van der Waals surface area contributed by atoms with Gasteiger partial charge in [-0.1, -0.05) is 19.9 Å². The highest BCUT2D eigenvalue weighted by Gasteiger charge is 2.40. The van der Waals surface area contributed by atoms with E-state index in [0.717, 1.165) is 5.56 Å². The molecule has 0 aliphatic rings. The number of methoxy groups -OCH3 is 2. The van der Waals surface area contributed by atoms with E-state index in [1.165, 1.54) is 18.7 Å². The summed E-state index contributed by atoms with van der Waals surface area (Å²) in [6.07, 6.45) is -0.973. The number of nitrogens with zero attached hydrogens (tertiary/aromatic N) is 2. The number of amides is 2. The van der Waals surface area contributed by atoms with Gasteiger partial charge in [0.1, 0.15) is 0 Å². The molecule has 13 nitrogen and oxygen atoms in total. The van der Waals surface area contributed by atoms with E-state index in [1.807, 2.05) is 32.0 Å². The van der Waals surface area contributed by atoms with Gasteiger partial charge in [-0.2, -0.15) is 0 Å². The van der Waals surface area contributed by atoms with Crippen LogP contribution in [0.4, 0.5) is 4.79 Å². The molecule has 0 unspecified atom stereocenters. The number of hydrogen-bond acceptors (Lipinski definition) is 9. The Morgan fingerprint density at radius 2 is 1.74 bits per heavy atom. The van der Waals surface area contributed by atoms with Crippen molar-refractivity contribution in [1.82, 2.24) is 10.2 Å². The summed E-state index contributed by atoms with van der Waals surface area (Å²) in [5.41, 5.74) is -1.72. The second-order valence-corrected chi connectivity index (χ2v) is 12.1. The number of carbonyl (C=O) groups is 2. The van der Waals surface area contributed by atoms with E-state index in [9.17, 15) is 29.9 Å². The number of nitrogens with one attached hydrogen (secondary N) is 1. The molecule has 0 bridgehead atoms. The minimum absolute atomic E-state index is 0.0754. The van der Waals surface area contributed by atoms with Crippen LogP contribution in [0.15, 0.2) is 18.2 Å². The third kappa shape index (κ3) is 11.5. The Balaban J connectivity index is 3.28. The maximum absolute atomic E-state index is 12.6. The van der Waals surface area contributed by atoms with E-state index in [4.69, 9.17) is 14.2 Å². The maximum Gasteiger partial charge on any atom is 0.408 e. The Morgan fingerprint density at radius 1 is 1.10 bits per heavy atom. The highest BCUT2D eigenvalue weighted by molar-refractivity contribution is 5.84. The van der Waals surface area contributed by atoms with Crippen LogP contribution < -0.4 is 14.8 Å². The van der Waals surface area contributed by atoms with E-state index < -0.39 is 40.4 Å². The van der Waals surface area contributed by atoms with Crippen LogP contribution in [0.3, 0.4) is 0 Å². The Hall–Kier alpha value is -3.32. The van der Waals surface area contributed by atoms with Crippen molar-refractivity contribution in [1.29, 1.82) is 0 Å². The number of aliphatic hydroxyl groups is 1. The molecule has 1 aromatic rings. The average molecular weight is 600 g/mol. The van der Waals surface area contributed by atoms with Crippen molar-refractivity contribution in [3.63, 3.8) is 0 Å². The molecule has 0 spiro atoms. The largest absolute Gasteiger partial charge is 0.493 e. The van der Waals surface area contributed by atoms with Crippen LogP contribution in [0.2, 0.25) is 0 Å². The molecule has 1 aromatic carbocycles. The quantitative estimate of drug-likeness (QED) is 0.128. The molecule has 3 N–H and O–H groups in total. The van der Waals surface area contributed by atoms with Gasteiger partial charge in [-0.05, 0) is 77.0 Å². The van der Waals surface area contributed by atoms with Crippen molar-refractivity contribution >= 4 is 12.0 Å². The van der Waals surface area contributed by atoms with Crippen molar-refractivity contribution in [2.75, 3.05) is 34.0 Å². The van der Waals surface area contributed by atoms with Gasteiger partial charge < -0.3 is 29.7 Å². The molecule has 0 radical (unpaired) electrons. The van der Waals surface area contributed by atoms with Crippen LogP contribution >= 0.6 is 0 Å². The van der Waals surface area contributed by atoms with Crippen molar-refractivity contribution in [3.8, 4) is 11.5 Å². The molecule has 0 saturated carbocycles. The third-order valence-corrected chi connectivity index (χ3v) is 6.99. The van der Waals surface area contributed by atoms with E-state index in [0.29, 0.717) is 37.6 Å². The highest BCUT2D eigenvalue weighted by atomic mass is 17.0. The van der Waals surface area contributed by atoms with Gasteiger partial charge >= 0.3 is 6.09 Å². The summed E-state index contributed by atoms with van der Waals surface area (Å²) < 4.78 is 16.5. The fraction of sp³-hybridized carbons (Fsp3) is 0.724. The molecule has 0 heterocycles. The normalized spacial score (nSPS) is 14.1. The molecule has 13 heteroatoms. The van der Waals surface area contributed by atoms with Crippen molar-refractivity contribution in [3.05, 3.63) is 33.9 Å². The molecule has 42 heavy (non-hydrogen) atoms. The van der Waals surface area contributed by atoms with Crippen molar-refractivity contribution in [2.24, 2.45) is 11.8 Å². The zero-order valence-corrected chi connectivity index (χ0v) is 26.3. The van der Waals surface area contributed by atoms with Gasteiger partial charge in [-0.15, -0.1) is 10.1 Å². The van der Waals surface area contributed by atoms with Crippen LogP contribution in [-0.2, 0) is 20.8 Å². The van der Waals surface area contributed by atoms with Gasteiger partial charge in [-0.3, -0.25) is 14.5 Å². The summed E-state index contributed by atoms with van der Waals surface area (Å²) >= 11 is 0. The van der Waals surface area contributed by atoms with E-state index in [-0.39, 0.29) is 24.8 Å². The molecule has 1 rings (SSSR count). The minimum Gasteiger partial charge on any atom is -0.493 e. The van der Waals surface area contributed by atoms with Gasteiger partial charge in [0.15, 0.2) is 17.1 Å². The predicted octanol–water partition coefficient (Wildman–Crippen LogP) is 3.93.